The number of H-pyrrole nitrogens is 1. The van der Waals surface area contributed by atoms with Gasteiger partial charge in [-0.2, -0.15) is 0 Å². The molecule has 0 unspecified atom stereocenters. The van der Waals surface area contributed by atoms with Crippen molar-refractivity contribution in [2.24, 2.45) is 5.92 Å². The van der Waals surface area contributed by atoms with E-state index < -0.39 is 0 Å². The fourth-order valence-electron chi connectivity index (χ4n) is 2.28. The maximum absolute atomic E-state index is 10.7. The molecule has 0 atom stereocenters. The number of hydrogen-bond acceptors (Lipinski definition) is 2. The predicted molar refractivity (Wildman–Crippen MR) is 54.2 cm³/mol. The molecule has 3 heteroatoms. The van der Waals surface area contributed by atoms with Crippen LogP contribution in [0.1, 0.15) is 44.2 Å². The monoisotopic (exact) mass is 195 g/mol. The molecule has 0 amide bonds. The molecular formula is C11H17NO2. The summed E-state index contributed by atoms with van der Waals surface area (Å²) in [6.45, 7) is 0. The Hall–Kier alpha value is -0.990. The second kappa shape index (κ2) is 4.49. The van der Waals surface area contributed by atoms with Crippen molar-refractivity contribution in [2.45, 2.75) is 44.9 Å². The summed E-state index contributed by atoms with van der Waals surface area (Å²) in [5, 5.41) is 2.66. The van der Waals surface area contributed by atoms with Gasteiger partial charge in [0.15, 0.2) is 0 Å². The minimum absolute atomic E-state index is 0.261. The van der Waals surface area contributed by atoms with Gasteiger partial charge >= 0.3 is 5.63 Å². The SMILES string of the molecule is O=c1cc(CCC2CCCCC2)[nH]o1. The first kappa shape index (κ1) is 9.56. The van der Waals surface area contributed by atoms with Crippen LogP contribution < -0.4 is 5.63 Å². The van der Waals surface area contributed by atoms with Crippen molar-refractivity contribution in [1.29, 1.82) is 0 Å². The summed E-state index contributed by atoms with van der Waals surface area (Å²) in [5.41, 5.74) is 0.684. The van der Waals surface area contributed by atoms with Crippen molar-refractivity contribution in [2.75, 3.05) is 0 Å². The fraction of sp³-hybridized carbons (Fsp3) is 0.727. The van der Waals surface area contributed by atoms with Gasteiger partial charge in [0.2, 0.25) is 0 Å². The molecule has 1 aliphatic rings. The standard InChI is InChI=1S/C11H17NO2/c13-11-8-10(12-14-11)7-6-9-4-2-1-3-5-9/h8-9,12H,1-7H2. The molecule has 0 aliphatic heterocycles. The number of rotatable bonds is 3. The molecule has 1 aromatic rings. The number of aryl methyl sites for hydroxylation is 1. The Balaban J connectivity index is 1.78. The lowest BCUT2D eigenvalue weighted by molar-refractivity contribution is 0.333. The van der Waals surface area contributed by atoms with Gasteiger partial charge in [0.1, 0.15) is 0 Å². The molecule has 1 fully saturated rings. The first-order chi connectivity index (χ1) is 6.84. The smallest absolute Gasteiger partial charge is 0.339 e. The number of nitrogens with one attached hydrogen (secondary N) is 1. The molecule has 0 radical (unpaired) electrons. The Labute approximate surface area is 83.5 Å². The van der Waals surface area contributed by atoms with Gasteiger partial charge in [-0.3, -0.25) is 0 Å². The third-order valence-electron chi connectivity index (χ3n) is 3.12. The molecule has 1 N–H and O–H groups in total. The summed E-state index contributed by atoms with van der Waals surface area (Å²) in [6, 6.07) is 1.56. The van der Waals surface area contributed by atoms with Gasteiger partial charge in [0.05, 0.1) is 5.69 Å². The normalized spacial score (nSPS) is 18.6. The second-order valence-electron chi connectivity index (χ2n) is 4.24. The number of hydrogen-bond donors (Lipinski definition) is 1. The summed E-state index contributed by atoms with van der Waals surface area (Å²) in [6.07, 6.45) is 9.04. The van der Waals surface area contributed by atoms with Gasteiger partial charge in [-0.05, 0) is 18.8 Å². The summed E-state index contributed by atoms with van der Waals surface area (Å²) in [7, 11) is 0. The Morgan fingerprint density at radius 2 is 2.14 bits per heavy atom. The van der Waals surface area contributed by atoms with E-state index in [-0.39, 0.29) is 5.63 Å². The average Bonchev–Trinajstić information content (AvgIpc) is 2.63. The Morgan fingerprint density at radius 3 is 2.79 bits per heavy atom. The summed E-state index contributed by atoms with van der Waals surface area (Å²) >= 11 is 0. The van der Waals surface area contributed by atoms with E-state index in [2.05, 4.69) is 9.68 Å². The van der Waals surface area contributed by atoms with Crippen LogP contribution in [0, 0.1) is 5.92 Å². The lowest BCUT2D eigenvalue weighted by Gasteiger charge is -2.20. The molecule has 1 aromatic heterocycles. The highest BCUT2D eigenvalue weighted by molar-refractivity contribution is 4.96. The van der Waals surface area contributed by atoms with Crippen molar-refractivity contribution >= 4 is 0 Å². The van der Waals surface area contributed by atoms with Crippen LogP contribution in [0.5, 0.6) is 0 Å². The maximum Gasteiger partial charge on any atom is 0.357 e. The Bertz CT molecular complexity index is 320. The molecule has 78 valence electrons. The molecule has 1 saturated carbocycles. The highest BCUT2D eigenvalue weighted by Gasteiger charge is 2.13. The fourth-order valence-corrected chi connectivity index (χ4v) is 2.28. The van der Waals surface area contributed by atoms with Crippen LogP contribution in [-0.4, -0.2) is 5.16 Å². The van der Waals surface area contributed by atoms with Crippen LogP contribution in [0.2, 0.25) is 0 Å². The van der Waals surface area contributed by atoms with E-state index in [0.717, 1.165) is 18.0 Å². The zero-order valence-corrected chi connectivity index (χ0v) is 8.42. The van der Waals surface area contributed by atoms with Crippen LogP contribution in [-0.2, 0) is 6.42 Å². The van der Waals surface area contributed by atoms with Gasteiger partial charge < -0.3 is 4.52 Å². The van der Waals surface area contributed by atoms with Crippen molar-refractivity contribution in [3.63, 3.8) is 0 Å². The molecule has 0 saturated heterocycles. The number of aromatic amines is 1. The molecule has 0 spiro atoms. The molecule has 3 nitrogen and oxygen atoms in total. The predicted octanol–water partition coefficient (Wildman–Crippen LogP) is 2.48. The maximum atomic E-state index is 10.7. The molecular weight excluding hydrogens is 178 g/mol. The molecule has 0 aromatic carbocycles. The van der Waals surface area contributed by atoms with Crippen molar-refractivity contribution < 1.29 is 4.52 Å². The van der Waals surface area contributed by atoms with E-state index in [4.69, 9.17) is 0 Å². The molecule has 0 bridgehead atoms. The van der Waals surface area contributed by atoms with Crippen molar-refractivity contribution in [1.82, 2.24) is 5.16 Å². The second-order valence-corrected chi connectivity index (χ2v) is 4.24. The summed E-state index contributed by atoms with van der Waals surface area (Å²) in [5.74, 6) is 0.863. The van der Waals surface area contributed by atoms with Crippen LogP contribution in [0.3, 0.4) is 0 Å². The van der Waals surface area contributed by atoms with Gasteiger partial charge in [-0.25, -0.2) is 9.95 Å². The van der Waals surface area contributed by atoms with E-state index >= 15 is 0 Å². The zero-order valence-electron chi connectivity index (χ0n) is 8.42. The van der Waals surface area contributed by atoms with Crippen molar-refractivity contribution in [3.05, 3.63) is 22.2 Å². The van der Waals surface area contributed by atoms with Crippen LogP contribution in [0.4, 0.5) is 0 Å². The van der Waals surface area contributed by atoms with Crippen LogP contribution >= 0.6 is 0 Å². The Morgan fingerprint density at radius 1 is 1.36 bits per heavy atom. The minimum atomic E-state index is -0.261. The lowest BCUT2D eigenvalue weighted by atomic mass is 9.86. The number of aromatic nitrogens is 1. The van der Waals surface area contributed by atoms with E-state index in [1.165, 1.54) is 38.5 Å². The van der Waals surface area contributed by atoms with E-state index in [0.29, 0.717) is 0 Å². The first-order valence-corrected chi connectivity index (χ1v) is 5.52. The van der Waals surface area contributed by atoms with Gasteiger partial charge in [0, 0.05) is 6.07 Å². The van der Waals surface area contributed by atoms with Crippen molar-refractivity contribution in [3.8, 4) is 0 Å². The molecule has 1 aliphatic carbocycles. The average molecular weight is 195 g/mol. The topological polar surface area (TPSA) is 46.0 Å². The first-order valence-electron chi connectivity index (χ1n) is 5.52. The third kappa shape index (κ3) is 2.50. The molecule has 2 rings (SSSR count). The van der Waals surface area contributed by atoms with Gasteiger partial charge in [-0.1, -0.05) is 32.1 Å². The molecule has 14 heavy (non-hydrogen) atoms. The van der Waals surface area contributed by atoms with E-state index in [9.17, 15) is 4.79 Å². The van der Waals surface area contributed by atoms with Crippen LogP contribution in [0.25, 0.3) is 0 Å². The minimum Gasteiger partial charge on any atom is -0.339 e. The largest absolute Gasteiger partial charge is 0.357 e. The lowest BCUT2D eigenvalue weighted by Crippen LogP contribution is -2.07. The van der Waals surface area contributed by atoms with Gasteiger partial charge in [0.25, 0.3) is 0 Å². The summed E-state index contributed by atoms with van der Waals surface area (Å²) < 4.78 is 4.62. The van der Waals surface area contributed by atoms with E-state index in [1.54, 1.807) is 6.07 Å². The third-order valence-corrected chi connectivity index (χ3v) is 3.12. The highest BCUT2D eigenvalue weighted by Crippen LogP contribution is 2.26. The van der Waals surface area contributed by atoms with Crippen LogP contribution in [0.15, 0.2) is 15.4 Å². The quantitative estimate of drug-likeness (QED) is 0.805. The zero-order chi connectivity index (χ0) is 9.80. The van der Waals surface area contributed by atoms with E-state index in [1.807, 2.05) is 0 Å². The highest BCUT2D eigenvalue weighted by atomic mass is 16.5. The Kier molecular flexibility index (Phi) is 3.07. The van der Waals surface area contributed by atoms with Gasteiger partial charge in [-0.15, -0.1) is 0 Å². The summed E-state index contributed by atoms with van der Waals surface area (Å²) in [4.78, 5) is 10.7. The molecule has 1 heterocycles.